The minimum Gasteiger partial charge on any atom is -0.484 e. The number of carbonyl (C=O) groups is 2. The van der Waals surface area contributed by atoms with E-state index < -0.39 is 40.9 Å². The van der Waals surface area contributed by atoms with Crippen molar-refractivity contribution in [2.75, 3.05) is 6.61 Å². The smallest absolute Gasteiger partial charge is 0.433 e. The molecular formula is C23H22Cl2F3N3O4. The number of aliphatic hydroxyl groups excluding tert-OH is 1. The summed E-state index contributed by atoms with van der Waals surface area (Å²) in [5.74, 6) is -0.802. The van der Waals surface area contributed by atoms with Gasteiger partial charge in [-0.1, -0.05) is 29.3 Å². The van der Waals surface area contributed by atoms with E-state index in [0.717, 1.165) is 12.1 Å². The molecule has 2 amide bonds. The molecular weight excluding hydrogens is 510 g/mol. The Kier molecular flexibility index (Phi) is 6.91. The van der Waals surface area contributed by atoms with Crippen LogP contribution in [0.1, 0.15) is 48.3 Å². The number of fused-ring (bicyclic) bond motifs is 3. The lowest BCUT2D eigenvalue weighted by Crippen LogP contribution is -2.70. The SMILES string of the molecule is O=C(COc1ccc(Cl)c(Cl)c1)NC12CCC(NC(=O)c3cccc(C(F)(F)F)n3)(CC1)C[C@@H]2O. The van der Waals surface area contributed by atoms with E-state index in [0.29, 0.717) is 36.5 Å². The Morgan fingerprint density at radius 1 is 1.09 bits per heavy atom. The van der Waals surface area contributed by atoms with Gasteiger partial charge in [-0.3, -0.25) is 9.59 Å². The lowest BCUT2D eigenvalue weighted by atomic mass is 9.60. The van der Waals surface area contributed by atoms with Crippen LogP contribution >= 0.6 is 23.2 Å². The Morgan fingerprint density at radius 3 is 2.43 bits per heavy atom. The van der Waals surface area contributed by atoms with Gasteiger partial charge < -0.3 is 20.5 Å². The summed E-state index contributed by atoms with van der Waals surface area (Å²) in [6.45, 7) is -0.296. The lowest BCUT2D eigenvalue weighted by Gasteiger charge is -2.56. The minimum atomic E-state index is -4.66. The second-order valence-electron chi connectivity index (χ2n) is 8.93. The monoisotopic (exact) mass is 531 g/mol. The number of ether oxygens (including phenoxy) is 1. The van der Waals surface area contributed by atoms with Crippen LogP contribution in [0.4, 0.5) is 13.2 Å². The van der Waals surface area contributed by atoms with Gasteiger partial charge in [0.15, 0.2) is 6.61 Å². The van der Waals surface area contributed by atoms with E-state index >= 15 is 0 Å². The highest BCUT2D eigenvalue weighted by Crippen LogP contribution is 2.47. The largest absolute Gasteiger partial charge is 0.484 e. The van der Waals surface area contributed by atoms with Crippen molar-refractivity contribution in [3.8, 4) is 5.75 Å². The zero-order chi connectivity index (χ0) is 25.4. The van der Waals surface area contributed by atoms with Crippen LogP contribution in [0, 0.1) is 0 Å². The molecule has 3 fully saturated rings. The third kappa shape index (κ3) is 5.49. The molecule has 2 bridgehead atoms. The fraction of sp³-hybridized carbons (Fsp3) is 0.435. The summed E-state index contributed by atoms with van der Waals surface area (Å²) in [6, 6.07) is 7.74. The average Bonchev–Trinajstić information content (AvgIpc) is 2.80. The number of carbonyl (C=O) groups excluding carboxylic acids is 2. The van der Waals surface area contributed by atoms with Gasteiger partial charge >= 0.3 is 6.18 Å². The van der Waals surface area contributed by atoms with E-state index in [-0.39, 0.29) is 23.7 Å². The number of amides is 2. The van der Waals surface area contributed by atoms with Crippen molar-refractivity contribution in [2.24, 2.45) is 0 Å². The third-order valence-corrected chi connectivity index (χ3v) is 7.36. The molecule has 0 saturated heterocycles. The first-order chi connectivity index (χ1) is 16.4. The molecule has 12 heteroatoms. The molecule has 3 saturated carbocycles. The highest BCUT2D eigenvalue weighted by molar-refractivity contribution is 6.42. The van der Waals surface area contributed by atoms with Crippen LogP contribution in [0.5, 0.6) is 5.75 Å². The van der Waals surface area contributed by atoms with Crippen LogP contribution in [0.15, 0.2) is 36.4 Å². The van der Waals surface area contributed by atoms with Gasteiger partial charge in [0.2, 0.25) is 0 Å². The zero-order valence-corrected chi connectivity index (χ0v) is 19.8. The number of nitrogens with zero attached hydrogens (tertiary/aromatic N) is 1. The highest BCUT2D eigenvalue weighted by atomic mass is 35.5. The van der Waals surface area contributed by atoms with Gasteiger partial charge in [0.1, 0.15) is 17.1 Å². The molecule has 3 aliphatic rings. The molecule has 1 heterocycles. The first-order valence-electron chi connectivity index (χ1n) is 10.9. The highest BCUT2D eigenvalue weighted by Gasteiger charge is 2.55. The number of benzene rings is 1. The molecule has 35 heavy (non-hydrogen) atoms. The number of aliphatic hydroxyl groups is 1. The fourth-order valence-electron chi connectivity index (χ4n) is 4.72. The number of alkyl halides is 3. The van der Waals surface area contributed by atoms with Crippen LogP contribution in [0.2, 0.25) is 10.0 Å². The first-order valence-corrected chi connectivity index (χ1v) is 11.6. The summed E-state index contributed by atoms with van der Waals surface area (Å²) in [6.07, 6.45) is -3.86. The Labute approximate surface area is 209 Å². The van der Waals surface area contributed by atoms with E-state index in [4.69, 9.17) is 27.9 Å². The van der Waals surface area contributed by atoms with Gasteiger partial charge in [0, 0.05) is 11.6 Å². The third-order valence-electron chi connectivity index (χ3n) is 6.62. The standard InChI is InChI=1S/C23H22Cl2F3N3O4/c24-14-5-4-13(10-15(14)25)35-12-19(33)30-22-8-6-21(7-9-22,11-18(22)32)31-20(34)16-2-1-3-17(29-16)23(26,27)28/h1-5,10,18,32H,6-9,11-12H2,(H,30,33)(H,31,34)/t18-,21?,22?/m0/s1. The van der Waals surface area contributed by atoms with Gasteiger partial charge in [-0.15, -0.1) is 0 Å². The zero-order valence-electron chi connectivity index (χ0n) is 18.3. The van der Waals surface area contributed by atoms with E-state index in [9.17, 15) is 27.9 Å². The molecule has 0 spiro atoms. The molecule has 3 aliphatic carbocycles. The van der Waals surface area contributed by atoms with Crippen LogP contribution in [0.3, 0.4) is 0 Å². The van der Waals surface area contributed by atoms with Gasteiger partial charge in [-0.25, -0.2) is 4.98 Å². The molecule has 1 atom stereocenters. The van der Waals surface area contributed by atoms with Gasteiger partial charge in [0.25, 0.3) is 11.8 Å². The maximum atomic E-state index is 12.9. The second kappa shape index (κ2) is 9.48. The number of halogens is 5. The molecule has 7 nitrogen and oxygen atoms in total. The van der Waals surface area contributed by atoms with Crippen molar-refractivity contribution < 1.29 is 32.6 Å². The summed E-state index contributed by atoms with van der Waals surface area (Å²) >= 11 is 11.8. The van der Waals surface area contributed by atoms with Crippen molar-refractivity contribution in [1.29, 1.82) is 0 Å². The van der Waals surface area contributed by atoms with Crippen molar-refractivity contribution in [3.05, 3.63) is 57.8 Å². The van der Waals surface area contributed by atoms with Gasteiger partial charge in [0.05, 0.1) is 21.7 Å². The van der Waals surface area contributed by atoms with E-state index in [1.807, 2.05) is 0 Å². The minimum absolute atomic E-state index is 0.144. The molecule has 0 aliphatic heterocycles. The number of hydrogen-bond acceptors (Lipinski definition) is 5. The predicted octanol–water partition coefficient (Wildman–Crippen LogP) is 4.15. The summed E-state index contributed by atoms with van der Waals surface area (Å²) in [7, 11) is 0. The van der Waals surface area contributed by atoms with E-state index in [1.165, 1.54) is 12.1 Å². The van der Waals surface area contributed by atoms with Crippen molar-refractivity contribution in [3.63, 3.8) is 0 Å². The van der Waals surface area contributed by atoms with Crippen LogP contribution in [-0.4, -0.2) is 45.7 Å². The topological polar surface area (TPSA) is 101 Å². The van der Waals surface area contributed by atoms with Crippen molar-refractivity contribution >= 4 is 35.0 Å². The lowest BCUT2D eigenvalue weighted by molar-refractivity contribution is -0.141. The second-order valence-corrected chi connectivity index (χ2v) is 9.74. The molecule has 5 rings (SSSR count). The van der Waals surface area contributed by atoms with Crippen LogP contribution in [0.25, 0.3) is 0 Å². The average molecular weight is 532 g/mol. The Morgan fingerprint density at radius 2 is 1.80 bits per heavy atom. The Bertz CT molecular complexity index is 1140. The molecule has 1 aromatic heterocycles. The molecule has 0 radical (unpaired) electrons. The van der Waals surface area contributed by atoms with Crippen molar-refractivity contribution in [2.45, 2.75) is 55.5 Å². The first kappa shape index (κ1) is 25.5. The maximum Gasteiger partial charge on any atom is 0.433 e. The molecule has 3 N–H and O–H groups in total. The quantitative estimate of drug-likeness (QED) is 0.519. The normalized spacial score (nSPS) is 25.7. The summed E-state index contributed by atoms with van der Waals surface area (Å²) in [5.41, 5.74) is -3.17. The van der Waals surface area contributed by atoms with Crippen molar-refractivity contribution in [1.82, 2.24) is 15.6 Å². The van der Waals surface area contributed by atoms with Crippen LogP contribution in [-0.2, 0) is 11.0 Å². The Hall–Kier alpha value is -2.56. The fourth-order valence-corrected chi connectivity index (χ4v) is 5.00. The summed E-state index contributed by atoms with van der Waals surface area (Å²) < 4.78 is 44.3. The summed E-state index contributed by atoms with van der Waals surface area (Å²) in [4.78, 5) is 28.6. The number of nitrogens with one attached hydrogen (secondary N) is 2. The molecule has 188 valence electrons. The maximum absolute atomic E-state index is 12.9. The van der Waals surface area contributed by atoms with Gasteiger partial charge in [-0.2, -0.15) is 13.2 Å². The van der Waals surface area contributed by atoms with Crippen LogP contribution < -0.4 is 15.4 Å². The number of hydrogen-bond donors (Lipinski definition) is 3. The van der Waals surface area contributed by atoms with Gasteiger partial charge in [-0.05, 0) is 56.4 Å². The molecule has 2 aromatic rings. The Balaban J connectivity index is 1.36. The molecule has 1 aromatic carbocycles. The van der Waals surface area contributed by atoms with E-state index in [1.54, 1.807) is 12.1 Å². The summed E-state index contributed by atoms with van der Waals surface area (Å²) in [5, 5.41) is 17.1. The number of aromatic nitrogens is 1. The van der Waals surface area contributed by atoms with E-state index in [2.05, 4.69) is 15.6 Å². The predicted molar refractivity (Wildman–Crippen MR) is 121 cm³/mol. The number of rotatable bonds is 6. The molecule has 0 unspecified atom stereocenters. The number of pyridine rings is 1.